The number of Topliss-reactive ketones (excluding diaryl/α,β-unsaturated/α-hetero) is 1. The molecule has 0 aromatic heterocycles. The van der Waals surface area contributed by atoms with Crippen LogP contribution in [0.1, 0.15) is 46.0 Å². The van der Waals surface area contributed by atoms with Crippen molar-refractivity contribution in [1.82, 2.24) is 0 Å². The lowest BCUT2D eigenvalue weighted by molar-refractivity contribution is -0.161. The van der Waals surface area contributed by atoms with Crippen LogP contribution in [0.15, 0.2) is 0 Å². The number of carboxylic acids is 1. The first-order valence-electron chi connectivity index (χ1n) is 7.37. The fourth-order valence-corrected chi connectivity index (χ4v) is 1.82. The highest BCUT2D eigenvalue weighted by Crippen LogP contribution is 2.10. The molecule has 8 nitrogen and oxygen atoms in total. The molecule has 2 atom stereocenters. The number of carbonyl (C=O) groups is 4. The molecule has 0 aliphatic rings. The predicted molar refractivity (Wildman–Crippen MR) is 81.7 cm³/mol. The Kier molecular flexibility index (Phi) is 9.29. The minimum atomic E-state index is -1.23. The van der Waals surface area contributed by atoms with E-state index in [4.69, 9.17) is 15.9 Å². The molecule has 8 heteroatoms. The van der Waals surface area contributed by atoms with Gasteiger partial charge in [0, 0.05) is 19.1 Å². The highest BCUT2D eigenvalue weighted by atomic mass is 16.6. The van der Waals surface area contributed by atoms with Gasteiger partial charge < -0.3 is 20.7 Å². The first-order chi connectivity index (χ1) is 10.8. The van der Waals surface area contributed by atoms with Gasteiger partial charge in [-0.25, -0.2) is 0 Å². The molecule has 0 unspecified atom stereocenters. The zero-order chi connectivity index (χ0) is 18.0. The van der Waals surface area contributed by atoms with Gasteiger partial charge >= 0.3 is 17.9 Å². The molecular formula is C15H22N2O6. The summed E-state index contributed by atoms with van der Waals surface area (Å²) in [6, 6.07) is 0. The molecule has 0 amide bonds. The van der Waals surface area contributed by atoms with E-state index in [-0.39, 0.29) is 25.7 Å². The van der Waals surface area contributed by atoms with E-state index >= 15 is 0 Å². The van der Waals surface area contributed by atoms with E-state index in [1.165, 1.54) is 0 Å². The van der Waals surface area contributed by atoms with Gasteiger partial charge in [-0.1, -0.05) is 13.8 Å². The van der Waals surface area contributed by atoms with Crippen LogP contribution in [0.4, 0.5) is 0 Å². The Bertz CT molecular complexity index is 500. The van der Waals surface area contributed by atoms with E-state index in [0.717, 1.165) is 6.21 Å². The fourth-order valence-electron chi connectivity index (χ4n) is 1.82. The highest BCUT2D eigenvalue weighted by molar-refractivity contribution is 6.42. The average Bonchev–Trinajstić information content (AvgIpc) is 2.48. The molecule has 0 radical (unpaired) electrons. The second kappa shape index (κ2) is 10.4. The molecule has 0 aliphatic heterocycles. The fraction of sp³-hybridized carbons (Fsp3) is 0.600. The molecule has 0 heterocycles. The van der Waals surface area contributed by atoms with E-state index in [2.05, 4.69) is 4.74 Å². The molecule has 0 spiro atoms. The van der Waals surface area contributed by atoms with E-state index in [0.29, 0.717) is 6.42 Å². The topological polar surface area (TPSA) is 145 Å². The van der Waals surface area contributed by atoms with Crippen LogP contribution in [0.2, 0.25) is 0 Å². The van der Waals surface area contributed by atoms with Crippen LogP contribution in [0.3, 0.4) is 0 Å². The van der Waals surface area contributed by atoms with E-state index < -0.39 is 41.2 Å². The number of carboxylic acid groups (broad SMARTS) is 1. The quantitative estimate of drug-likeness (QED) is 0.298. The van der Waals surface area contributed by atoms with Crippen molar-refractivity contribution in [3.63, 3.8) is 0 Å². The molecule has 0 rings (SSSR count). The first-order valence-corrected chi connectivity index (χ1v) is 7.37. The molecule has 0 saturated carbocycles. The van der Waals surface area contributed by atoms with Crippen LogP contribution in [-0.4, -0.2) is 40.7 Å². The van der Waals surface area contributed by atoms with E-state index in [1.54, 1.807) is 13.8 Å². The molecule has 0 aromatic carbocycles. The number of esters is 2. The van der Waals surface area contributed by atoms with Crippen LogP contribution < -0.4 is 0 Å². The summed E-state index contributed by atoms with van der Waals surface area (Å²) in [6.45, 7) is 3.25. The van der Waals surface area contributed by atoms with Crippen molar-refractivity contribution in [2.24, 2.45) is 11.8 Å². The molecule has 128 valence electrons. The summed E-state index contributed by atoms with van der Waals surface area (Å²) in [4.78, 5) is 45.5. The number of hydrogen-bond donors (Lipinski definition) is 3. The standard InChI is InChI=1S/C15H22N2O6/c1-3-9(8-16)15(22)23-12(19)7-5-6-11(18)13(17)10(4-2)14(20)21/h8-10,16-17H,3-7H2,1-2H3,(H,20,21)/t9-,10-/m1/s1. The molecule has 0 fully saturated rings. The number of carbonyl (C=O) groups excluding carboxylic acids is 3. The third kappa shape index (κ3) is 6.94. The minimum absolute atomic E-state index is 0.0603. The summed E-state index contributed by atoms with van der Waals surface area (Å²) >= 11 is 0. The van der Waals surface area contributed by atoms with Crippen LogP contribution in [-0.2, 0) is 23.9 Å². The molecular weight excluding hydrogens is 304 g/mol. The molecule has 0 bridgehead atoms. The number of aliphatic carboxylic acids is 1. The van der Waals surface area contributed by atoms with Crippen molar-refractivity contribution in [3.8, 4) is 0 Å². The van der Waals surface area contributed by atoms with Crippen LogP contribution in [0.25, 0.3) is 0 Å². The minimum Gasteiger partial charge on any atom is -0.481 e. The monoisotopic (exact) mass is 326 g/mol. The Hall–Kier alpha value is -2.38. The largest absolute Gasteiger partial charge is 0.481 e. The molecule has 3 N–H and O–H groups in total. The van der Waals surface area contributed by atoms with Crippen molar-refractivity contribution >= 4 is 35.6 Å². The van der Waals surface area contributed by atoms with Gasteiger partial charge in [-0.15, -0.1) is 0 Å². The van der Waals surface area contributed by atoms with E-state index in [9.17, 15) is 19.2 Å². The highest BCUT2D eigenvalue weighted by Gasteiger charge is 2.26. The average molecular weight is 326 g/mol. The van der Waals surface area contributed by atoms with Gasteiger partial charge in [0.1, 0.15) is 5.92 Å². The zero-order valence-electron chi connectivity index (χ0n) is 13.3. The molecule has 23 heavy (non-hydrogen) atoms. The summed E-state index contributed by atoms with van der Waals surface area (Å²) in [6.07, 6.45) is 1.09. The third-order valence-electron chi connectivity index (χ3n) is 3.30. The second-order valence-electron chi connectivity index (χ2n) is 4.96. The van der Waals surface area contributed by atoms with Crippen molar-refractivity contribution in [2.45, 2.75) is 46.0 Å². The number of ether oxygens (including phenoxy) is 1. The predicted octanol–water partition coefficient (Wildman–Crippen LogP) is 1.60. The number of nitrogens with one attached hydrogen (secondary N) is 2. The Balaban J connectivity index is 4.29. The van der Waals surface area contributed by atoms with Crippen molar-refractivity contribution in [3.05, 3.63) is 0 Å². The Morgan fingerprint density at radius 3 is 2.17 bits per heavy atom. The lowest BCUT2D eigenvalue weighted by Gasteiger charge is -2.10. The van der Waals surface area contributed by atoms with Gasteiger partial charge in [-0.2, -0.15) is 0 Å². The number of rotatable bonds is 11. The van der Waals surface area contributed by atoms with Crippen molar-refractivity contribution in [1.29, 1.82) is 10.8 Å². The Morgan fingerprint density at radius 2 is 1.74 bits per heavy atom. The number of ketones is 1. The van der Waals surface area contributed by atoms with Crippen molar-refractivity contribution < 1.29 is 29.0 Å². The van der Waals surface area contributed by atoms with Crippen LogP contribution in [0, 0.1) is 22.7 Å². The maximum Gasteiger partial charge on any atom is 0.321 e. The van der Waals surface area contributed by atoms with E-state index in [1.807, 2.05) is 0 Å². The maximum absolute atomic E-state index is 11.7. The lowest BCUT2D eigenvalue weighted by atomic mass is 9.95. The zero-order valence-corrected chi connectivity index (χ0v) is 13.3. The van der Waals surface area contributed by atoms with Gasteiger partial charge in [-0.05, 0) is 19.3 Å². The summed E-state index contributed by atoms with van der Waals surface area (Å²) in [5.41, 5.74) is -0.487. The molecule has 0 saturated heterocycles. The summed E-state index contributed by atoms with van der Waals surface area (Å²) < 4.78 is 4.56. The SMILES string of the molecule is CC[C@H](C(=N)C(=O)CCCC(=O)OC(=O)[C@@H](C=N)CC)C(=O)O. The Labute approximate surface area is 134 Å². The summed E-state index contributed by atoms with van der Waals surface area (Å²) in [5, 5.41) is 23.5. The van der Waals surface area contributed by atoms with Crippen LogP contribution >= 0.6 is 0 Å². The van der Waals surface area contributed by atoms with Gasteiger partial charge in [0.15, 0.2) is 5.78 Å². The van der Waals surface area contributed by atoms with Gasteiger partial charge in [0.05, 0.1) is 11.6 Å². The Morgan fingerprint density at radius 1 is 1.13 bits per heavy atom. The molecule has 0 aliphatic carbocycles. The third-order valence-corrected chi connectivity index (χ3v) is 3.30. The van der Waals surface area contributed by atoms with Gasteiger partial charge in [0.25, 0.3) is 0 Å². The van der Waals surface area contributed by atoms with Gasteiger partial charge in [-0.3, -0.25) is 19.2 Å². The van der Waals surface area contributed by atoms with Crippen LogP contribution in [0.5, 0.6) is 0 Å². The normalized spacial score (nSPS) is 12.8. The maximum atomic E-state index is 11.7. The molecule has 0 aromatic rings. The van der Waals surface area contributed by atoms with Crippen molar-refractivity contribution in [2.75, 3.05) is 0 Å². The number of hydrogen-bond acceptors (Lipinski definition) is 7. The lowest BCUT2D eigenvalue weighted by Crippen LogP contribution is -2.29. The second-order valence-corrected chi connectivity index (χ2v) is 4.96. The van der Waals surface area contributed by atoms with Gasteiger partial charge in [0.2, 0.25) is 0 Å². The summed E-state index contributed by atoms with van der Waals surface area (Å²) in [5.74, 6) is -5.38. The smallest absolute Gasteiger partial charge is 0.321 e. The summed E-state index contributed by atoms with van der Waals surface area (Å²) in [7, 11) is 0. The first kappa shape index (κ1) is 20.6.